The van der Waals surface area contributed by atoms with Crippen molar-refractivity contribution in [2.45, 2.75) is 37.9 Å². The van der Waals surface area contributed by atoms with Gasteiger partial charge >= 0.3 is 35.3 Å². The second-order valence-corrected chi connectivity index (χ2v) is 12.8. The van der Waals surface area contributed by atoms with Gasteiger partial charge in [-0.15, -0.1) is 0 Å². The van der Waals surface area contributed by atoms with E-state index in [1.807, 2.05) is 4.98 Å². The van der Waals surface area contributed by atoms with Crippen LogP contribution in [0.3, 0.4) is 0 Å². The average molecular weight is 645 g/mol. The largest absolute Gasteiger partial charge is 0.490 e. The first kappa shape index (κ1) is 33.0. The monoisotopic (exact) mass is 645 g/mol. The van der Waals surface area contributed by atoms with Gasteiger partial charge in [0.05, 0.1) is 13.2 Å². The Kier molecular flexibility index (Phi) is 11.0. The molecule has 19 nitrogen and oxygen atoms in total. The molecule has 7 atom stereocenters. The first-order valence-electron chi connectivity index (χ1n) is 11.5. The number of aromatic nitrogens is 2. The summed E-state index contributed by atoms with van der Waals surface area (Å²) in [6.45, 7) is 0.116. The standard InChI is InChI=1S/C19H26N3O16P3/c1-2-10-33-39(27,28)37-41(31,32)38-40(29,30)34-11-13-15(24)16(36-19(26)20-12-6-4-3-5-7-12)17(35-13)22-9-8-14(23)21-18(22)25/h3-9,13,15-17,24H,2,10-11H2,1H3,(H,20,26)(H,27,28)(H,29,30)(H,31,32)(H,21,23,25)/t13-,15?,16+,17-/m1/s1. The highest BCUT2D eigenvalue weighted by Gasteiger charge is 2.49. The minimum Gasteiger partial charge on any atom is -0.438 e. The molecule has 41 heavy (non-hydrogen) atoms. The number of aliphatic hydroxyl groups is 1. The van der Waals surface area contributed by atoms with Crippen molar-refractivity contribution in [1.82, 2.24) is 9.55 Å². The fourth-order valence-electron chi connectivity index (χ4n) is 3.32. The molecule has 2 aromatic rings. The topological polar surface area (TPSA) is 271 Å². The second kappa shape index (κ2) is 13.6. The van der Waals surface area contributed by atoms with E-state index >= 15 is 0 Å². The molecule has 4 unspecified atom stereocenters. The molecule has 0 spiro atoms. The highest BCUT2D eigenvalue weighted by Crippen LogP contribution is 2.67. The first-order chi connectivity index (χ1) is 19.1. The maximum atomic E-state index is 12.5. The van der Waals surface area contributed by atoms with Crippen LogP contribution in [0.5, 0.6) is 0 Å². The SMILES string of the molecule is CCCOP(=O)(O)OP(=O)(O)OP(=O)(O)OC[C@H]1O[C@@H](n2ccc(=O)[nH]c2=O)[C@@H](OC(=O)Nc2ccccc2)C1O. The van der Waals surface area contributed by atoms with E-state index in [0.717, 1.165) is 16.8 Å². The van der Waals surface area contributed by atoms with Crippen LogP contribution in [0, 0.1) is 0 Å². The maximum Gasteiger partial charge on any atom is 0.490 e. The molecule has 228 valence electrons. The van der Waals surface area contributed by atoms with Crippen molar-refractivity contribution in [2.24, 2.45) is 0 Å². The fraction of sp³-hybridized carbons (Fsp3) is 0.421. The summed E-state index contributed by atoms with van der Waals surface area (Å²) in [5.41, 5.74) is -1.49. The van der Waals surface area contributed by atoms with Gasteiger partial charge in [0, 0.05) is 18.0 Å². The number of nitrogens with one attached hydrogen (secondary N) is 2. The minimum atomic E-state index is -5.72. The lowest BCUT2D eigenvalue weighted by Gasteiger charge is -2.22. The third-order valence-electron chi connectivity index (χ3n) is 4.97. The number of hydrogen-bond donors (Lipinski definition) is 6. The van der Waals surface area contributed by atoms with Crippen molar-refractivity contribution in [3.63, 3.8) is 0 Å². The van der Waals surface area contributed by atoms with Gasteiger partial charge < -0.3 is 29.3 Å². The Bertz CT molecular complexity index is 1470. The number of rotatable bonds is 13. The first-order valence-corrected chi connectivity index (χ1v) is 16.0. The van der Waals surface area contributed by atoms with Crippen LogP contribution in [0.2, 0.25) is 0 Å². The van der Waals surface area contributed by atoms with E-state index in [4.69, 9.17) is 9.47 Å². The van der Waals surface area contributed by atoms with Crippen LogP contribution in [-0.4, -0.2) is 67.0 Å². The predicted octanol–water partition coefficient (Wildman–Crippen LogP) is 1.19. The highest BCUT2D eigenvalue weighted by atomic mass is 31.3. The van der Waals surface area contributed by atoms with E-state index in [1.54, 1.807) is 25.1 Å². The van der Waals surface area contributed by atoms with E-state index in [-0.39, 0.29) is 13.0 Å². The Morgan fingerprint density at radius 1 is 1.02 bits per heavy atom. The highest BCUT2D eigenvalue weighted by molar-refractivity contribution is 7.66. The van der Waals surface area contributed by atoms with E-state index < -0.39 is 72.0 Å². The zero-order chi connectivity index (χ0) is 30.4. The summed E-state index contributed by atoms with van der Waals surface area (Å²) in [6, 6.07) is 8.89. The van der Waals surface area contributed by atoms with Gasteiger partial charge in [-0.3, -0.25) is 28.7 Å². The van der Waals surface area contributed by atoms with Gasteiger partial charge in [-0.05, 0) is 18.6 Å². The number of para-hydroxylation sites is 1. The number of benzene rings is 1. The summed E-state index contributed by atoms with van der Waals surface area (Å²) >= 11 is 0. The minimum absolute atomic E-state index is 0.223. The van der Waals surface area contributed by atoms with Crippen LogP contribution < -0.4 is 16.6 Å². The summed E-state index contributed by atoms with van der Waals surface area (Å²) in [5.74, 6) is 0. The molecule has 0 saturated carbocycles. The molecule has 1 aliphatic rings. The molecular weight excluding hydrogens is 619 g/mol. The molecule has 0 radical (unpaired) electrons. The number of hydrogen-bond acceptors (Lipinski definition) is 13. The molecule has 1 saturated heterocycles. The van der Waals surface area contributed by atoms with E-state index in [0.29, 0.717) is 5.69 Å². The van der Waals surface area contributed by atoms with Crippen LogP contribution >= 0.6 is 23.5 Å². The number of H-pyrrole nitrogens is 1. The summed E-state index contributed by atoms with van der Waals surface area (Å²) < 4.78 is 64.2. The number of anilines is 1. The molecular formula is C19H26N3O16P3. The Hall–Kier alpha value is -2.50. The molecule has 0 aliphatic carbocycles. The molecule has 0 bridgehead atoms. The number of nitrogens with zero attached hydrogens (tertiary/aromatic N) is 1. The third-order valence-corrected chi connectivity index (χ3v) is 9.26. The van der Waals surface area contributed by atoms with Crippen LogP contribution in [-0.2, 0) is 40.8 Å². The Labute approximate surface area is 230 Å². The molecule has 6 N–H and O–H groups in total. The molecule has 22 heteroatoms. The predicted molar refractivity (Wildman–Crippen MR) is 135 cm³/mol. The second-order valence-electron chi connectivity index (χ2n) is 8.13. The molecule has 1 aliphatic heterocycles. The fourth-order valence-corrected chi connectivity index (χ4v) is 6.92. The summed E-state index contributed by atoms with van der Waals surface area (Å²) in [5, 5.41) is 13.2. The van der Waals surface area contributed by atoms with Crippen LogP contribution in [0.4, 0.5) is 10.5 Å². The molecule has 3 rings (SSSR count). The lowest BCUT2D eigenvalue weighted by molar-refractivity contribution is -0.0552. The van der Waals surface area contributed by atoms with Crippen LogP contribution in [0.15, 0.2) is 52.2 Å². The zero-order valence-electron chi connectivity index (χ0n) is 20.9. The smallest absolute Gasteiger partial charge is 0.438 e. The molecule has 1 amide bonds. The van der Waals surface area contributed by atoms with Gasteiger partial charge in [0.25, 0.3) is 5.56 Å². The van der Waals surface area contributed by atoms with Crippen molar-refractivity contribution in [1.29, 1.82) is 0 Å². The van der Waals surface area contributed by atoms with Gasteiger partial charge in [-0.1, -0.05) is 25.1 Å². The Morgan fingerprint density at radius 2 is 1.66 bits per heavy atom. The Balaban J connectivity index is 1.74. The number of ether oxygens (including phenoxy) is 2. The molecule has 1 aromatic carbocycles. The maximum absolute atomic E-state index is 12.5. The zero-order valence-corrected chi connectivity index (χ0v) is 23.6. The van der Waals surface area contributed by atoms with Crippen molar-refractivity contribution in [2.75, 3.05) is 18.5 Å². The molecule has 1 aromatic heterocycles. The summed E-state index contributed by atoms with van der Waals surface area (Å²) in [4.78, 5) is 67.1. The van der Waals surface area contributed by atoms with Crippen molar-refractivity contribution in [3.8, 4) is 0 Å². The normalized spacial score (nSPS) is 25.0. The van der Waals surface area contributed by atoms with Crippen molar-refractivity contribution >= 4 is 35.2 Å². The van der Waals surface area contributed by atoms with Crippen LogP contribution in [0.25, 0.3) is 0 Å². The lowest BCUT2D eigenvalue weighted by atomic mass is 10.1. The van der Waals surface area contributed by atoms with Gasteiger partial charge in [0.1, 0.15) is 12.2 Å². The number of aliphatic hydroxyl groups excluding tert-OH is 1. The number of carbonyl (C=O) groups excluding carboxylic acids is 1. The van der Waals surface area contributed by atoms with E-state index in [2.05, 4.69) is 23.0 Å². The van der Waals surface area contributed by atoms with Crippen molar-refractivity contribution < 1.29 is 65.4 Å². The number of aromatic amines is 1. The van der Waals surface area contributed by atoms with Gasteiger partial charge in [0.15, 0.2) is 12.3 Å². The van der Waals surface area contributed by atoms with Gasteiger partial charge in [-0.2, -0.15) is 8.62 Å². The van der Waals surface area contributed by atoms with Crippen LogP contribution in [0.1, 0.15) is 19.6 Å². The van der Waals surface area contributed by atoms with Gasteiger partial charge in [0.2, 0.25) is 0 Å². The average Bonchev–Trinajstić information content (AvgIpc) is 3.15. The number of carbonyl (C=O) groups is 1. The van der Waals surface area contributed by atoms with Gasteiger partial charge in [-0.25, -0.2) is 23.3 Å². The quantitative estimate of drug-likeness (QED) is 0.167. The summed E-state index contributed by atoms with van der Waals surface area (Å²) in [6.07, 6.45) is -6.67. The molecule has 2 heterocycles. The van der Waals surface area contributed by atoms with Crippen molar-refractivity contribution in [3.05, 3.63) is 63.4 Å². The number of phosphoric acid groups is 3. The Morgan fingerprint density at radius 3 is 2.27 bits per heavy atom. The van der Waals surface area contributed by atoms with E-state index in [9.17, 15) is 47.9 Å². The number of amides is 1. The third kappa shape index (κ3) is 9.78. The lowest BCUT2D eigenvalue weighted by Crippen LogP contribution is -2.41. The summed E-state index contributed by atoms with van der Waals surface area (Å²) in [7, 11) is -16.4. The number of phosphoric ester groups is 2. The molecule has 1 fully saturated rings. The van der Waals surface area contributed by atoms with E-state index in [1.165, 1.54) is 12.1 Å².